The molecule has 14 rings (SSSR count). The lowest BCUT2D eigenvalue weighted by Crippen LogP contribution is -1.95. The number of furan rings is 2. The lowest BCUT2D eigenvalue weighted by Gasteiger charge is -2.13. The van der Waals surface area contributed by atoms with Crippen LogP contribution in [0.4, 0.5) is 0 Å². The maximum atomic E-state index is 6.39. The Morgan fingerprint density at radius 1 is 0.344 bits per heavy atom. The molecule has 0 bridgehead atoms. The van der Waals surface area contributed by atoms with Gasteiger partial charge in [0.15, 0.2) is 0 Å². The summed E-state index contributed by atoms with van der Waals surface area (Å²) in [6.45, 7) is 0. The van der Waals surface area contributed by atoms with Crippen LogP contribution in [0.1, 0.15) is 17.9 Å². The molecule has 13 aromatic rings. The van der Waals surface area contributed by atoms with Gasteiger partial charge in [0.25, 0.3) is 0 Å². The number of benzene rings is 9. The van der Waals surface area contributed by atoms with Crippen LogP contribution in [0.15, 0.2) is 221 Å². The van der Waals surface area contributed by atoms with Gasteiger partial charge >= 0.3 is 0 Å². The van der Waals surface area contributed by atoms with Crippen molar-refractivity contribution in [1.29, 1.82) is 0 Å². The van der Waals surface area contributed by atoms with Crippen molar-refractivity contribution in [2.75, 3.05) is 0 Å². The van der Waals surface area contributed by atoms with Gasteiger partial charge in [-0.3, -0.25) is 0 Å². The Balaban J connectivity index is 0.887. The average Bonchev–Trinajstić information content (AvgIpc) is 4.11. The third-order valence-corrected chi connectivity index (χ3v) is 13.6. The Morgan fingerprint density at radius 2 is 0.812 bits per heavy atom. The predicted molar refractivity (Wildman–Crippen MR) is 266 cm³/mol. The minimum atomic E-state index is 0.377. The molecule has 9 aromatic carbocycles. The molecule has 300 valence electrons. The molecule has 0 N–H and O–H groups in total. The van der Waals surface area contributed by atoms with Gasteiger partial charge in [-0.15, -0.1) is 0 Å². The quantitative estimate of drug-likeness (QED) is 0.173. The van der Waals surface area contributed by atoms with Crippen molar-refractivity contribution in [2.45, 2.75) is 12.3 Å². The van der Waals surface area contributed by atoms with Crippen molar-refractivity contribution >= 4 is 87.5 Å². The third-order valence-electron chi connectivity index (χ3n) is 13.6. The predicted octanol–water partition coefficient (Wildman–Crippen LogP) is 16.6. The van der Waals surface area contributed by atoms with E-state index in [0.717, 1.165) is 61.7 Å². The fourth-order valence-corrected chi connectivity index (χ4v) is 10.6. The second-order valence-electron chi connectivity index (χ2n) is 17.2. The molecule has 1 aliphatic carbocycles. The van der Waals surface area contributed by atoms with Crippen LogP contribution in [-0.4, -0.2) is 9.13 Å². The second kappa shape index (κ2) is 13.6. The number of para-hydroxylation sites is 2. The van der Waals surface area contributed by atoms with Gasteiger partial charge in [0.05, 0.1) is 22.1 Å². The van der Waals surface area contributed by atoms with E-state index in [9.17, 15) is 0 Å². The molecule has 4 heteroatoms. The summed E-state index contributed by atoms with van der Waals surface area (Å²) in [5.74, 6) is 0.377. The van der Waals surface area contributed by atoms with E-state index in [1.807, 2.05) is 0 Å². The number of nitrogens with zero attached hydrogens (tertiary/aromatic N) is 2. The van der Waals surface area contributed by atoms with Crippen LogP contribution < -0.4 is 0 Å². The summed E-state index contributed by atoms with van der Waals surface area (Å²) in [6.07, 6.45) is 9.85. The first-order chi connectivity index (χ1) is 31.7. The first-order valence-corrected chi connectivity index (χ1v) is 22.1. The molecule has 0 saturated heterocycles. The molecule has 0 amide bonds. The van der Waals surface area contributed by atoms with Crippen molar-refractivity contribution in [3.8, 4) is 33.6 Å². The number of hydrogen-bond acceptors (Lipinski definition) is 2. The number of fused-ring (bicyclic) bond motifs is 12. The van der Waals surface area contributed by atoms with E-state index >= 15 is 0 Å². The van der Waals surface area contributed by atoms with Gasteiger partial charge in [0, 0.05) is 60.4 Å². The first-order valence-electron chi connectivity index (χ1n) is 22.1. The van der Waals surface area contributed by atoms with Crippen LogP contribution in [0, 0.1) is 0 Å². The van der Waals surface area contributed by atoms with Gasteiger partial charge in [-0.2, -0.15) is 0 Å². The lowest BCUT2D eigenvalue weighted by molar-refractivity contribution is 0.668. The molecule has 64 heavy (non-hydrogen) atoms. The van der Waals surface area contributed by atoms with E-state index in [1.165, 1.54) is 71.4 Å². The van der Waals surface area contributed by atoms with Crippen LogP contribution in [-0.2, 0) is 0 Å². The second-order valence-corrected chi connectivity index (χ2v) is 17.2. The minimum absolute atomic E-state index is 0.377. The van der Waals surface area contributed by atoms with Gasteiger partial charge in [-0.1, -0.05) is 115 Å². The summed E-state index contributed by atoms with van der Waals surface area (Å²) >= 11 is 0. The molecule has 1 aliphatic rings. The van der Waals surface area contributed by atoms with Gasteiger partial charge in [0.1, 0.15) is 22.3 Å². The third kappa shape index (κ3) is 5.29. The zero-order chi connectivity index (χ0) is 41.9. The molecule has 1 unspecified atom stereocenters. The maximum Gasteiger partial charge on any atom is 0.135 e. The highest BCUT2D eigenvalue weighted by atomic mass is 16.3. The standard InChI is InChI=1S/C60H38N2O2/c1-3-11-37(12-4-1)39-21-27-57-49(33-39)51-35-43(23-29-59(51)63-57)61-53-17-9-7-15-45(53)47-31-41(19-25-55(47)61)42-20-26-56-48(32-42)46-16-8-10-18-54(46)62(56)44-24-30-60-52(36-44)50-34-40(22-28-58(50)64-60)38-13-5-2-6-14-38/h1-13,15-36,38H,14H2. The molecule has 0 fully saturated rings. The van der Waals surface area contributed by atoms with E-state index in [0.29, 0.717) is 5.92 Å². The van der Waals surface area contributed by atoms with Gasteiger partial charge in [-0.05, 0) is 131 Å². The summed E-state index contributed by atoms with van der Waals surface area (Å²) in [4.78, 5) is 0. The molecule has 0 spiro atoms. The van der Waals surface area contributed by atoms with Crippen molar-refractivity contribution in [3.05, 3.63) is 218 Å². The summed E-state index contributed by atoms with van der Waals surface area (Å²) in [5.41, 5.74) is 16.6. The summed E-state index contributed by atoms with van der Waals surface area (Å²) in [6, 6.07) is 68.4. The number of allylic oxidation sites excluding steroid dienone is 4. The number of aromatic nitrogens is 2. The van der Waals surface area contributed by atoms with E-state index < -0.39 is 0 Å². The van der Waals surface area contributed by atoms with Gasteiger partial charge in [-0.25, -0.2) is 0 Å². The Hall–Kier alpha value is -8.34. The minimum Gasteiger partial charge on any atom is -0.456 e. The normalized spacial score (nSPS) is 14.2. The molecule has 1 atom stereocenters. The fourth-order valence-electron chi connectivity index (χ4n) is 10.6. The highest BCUT2D eigenvalue weighted by Gasteiger charge is 2.19. The fraction of sp³-hybridized carbons (Fsp3) is 0.0333. The van der Waals surface area contributed by atoms with Crippen molar-refractivity contribution in [2.24, 2.45) is 0 Å². The van der Waals surface area contributed by atoms with Crippen molar-refractivity contribution in [3.63, 3.8) is 0 Å². The number of rotatable bonds is 5. The summed E-state index contributed by atoms with van der Waals surface area (Å²) in [5, 5.41) is 9.42. The summed E-state index contributed by atoms with van der Waals surface area (Å²) < 4.78 is 17.6. The van der Waals surface area contributed by atoms with Crippen LogP contribution in [0.3, 0.4) is 0 Å². The van der Waals surface area contributed by atoms with Gasteiger partial charge in [0.2, 0.25) is 0 Å². The summed E-state index contributed by atoms with van der Waals surface area (Å²) in [7, 11) is 0. The highest BCUT2D eigenvalue weighted by molar-refractivity contribution is 6.14. The molecule has 0 saturated carbocycles. The lowest BCUT2D eigenvalue weighted by atomic mass is 9.91. The number of hydrogen-bond donors (Lipinski definition) is 0. The Morgan fingerprint density at radius 3 is 1.41 bits per heavy atom. The van der Waals surface area contributed by atoms with Gasteiger partial charge < -0.3 is 18.0 Å². The molecular formula is C60H38N2O2. The van der Waals surface area contributed by atoms with Crippen LogP contribution in [0.25, 0.3) is 121 Å². The van der Waals surface area contributed by atoms with Crippen molar-refractivity contribution in [1.82, 2.24) is 9.13 Å². The highest BCUT2D eigenvalue weighted by Crippen LogP contribution is 2.41. The van der Waals surface area contributed by atoms with E-state index in [2.05, 4.69) is 221 Å². The zero-order valence-corrected chi connectivity index (χ0v) is 34.7. The van der Waals surface area contributed by atoms with Crippen LogP contribution >= 0.6 is 0 Å². The van der Waals surface area contributed by atoms with E-state index in [1.54, 1.807) is 0 Å². The van der Waals surface area contributed by atoms with E-state index in [4.69, 9.17) is 8.83 Å². The first kappa shape index (κ1) is 35.3. The molecule has 0 radical (unpaired) electrons. The monoisotopic (exact) mass is 818 g/mol. The Labute approximate surface area is 367 Å². The molecular weight excluding hydrogens is 781 g/mol. The van der Waals surface area contributed by atoms with Crippen LogP contribution in [0.5, 0.6) is 0 Å². The molecule has 4 nitrogen and oxygen atoms in total. The maximum absolute atomic E-state index is 6.39. The van der Waals surface area contributed by atoms with Crippen molar-refractivity contribution < 1.29 is 8.83 Å². The molecule has 4 heterocycles. The largest absolute Gasteiger partial charge is 0.456 e. The van der Waals surface area contributed by atoms with E-state index in [-0.39, 0.29) is 0 Å². The Kier molecular flexibility index (Phi) is 7.48. The van der Waals surface area contributed by atoms with Crippen LogP contribution in [0.2, 0.25) is 0 Å². The molecule has 0 aliphatic heterocycles. The Bertz CT molecular complexity index is 4110. The molecule has 4 aromatic heterocycles. The zero-order valence-electron chi connectivity index (χ0n) is 34.7. The smallest absolute Gasteiger partial charge is 0.135 e. The SMILES string of the molecule is C1=CCC(c2ccc3oc4ccc(-n5c6ccccc6c6cc(-c7ccc8c(c7)c7ccccc7n8-c7ccc8oc9ccc(-c%10ccccc%10)cc9c8c7)ccc65)cc4c3c2)C=C1. The average molecular weight is 819 g/mol. The topological polar surface area (TPSA) is 36.1 Å².